The highest BCUT2D eigenvalue weighted by Gasteiger charge is 2.11. The molecule has 2 N–H and O–H groups in total. The van der Waals surface area contributed by atoms with E-state index in [4.69, 9.17) is 0 Å². The van der Waals surface area contributed by atoms with Crippen LogP contribution < -0.4 is 10.6 Å². The van der Waals surface area contributed by atoms with Gasteiger partial charge < -0.3 is 10.6 Å². The first-order valence-corrected chi connectivity index (χ1v) is 10.7. The normalized spacial score (nSPS) is 12.2. The van der Waals surface area contributed by atoms with Crippen molar-refractivity contribution in [1.29, 1.82) is 0 Å². The Labute approximate surface area is 151 Å². The SMILES string of the molecule is CN=C(NCCc1cccs1)NCc1cc(F)ccc1CS(C)(=O)=O. The minimum atomic E-state index is -3.19. The fraction of sp³-hybridized carbons (Fsp3) is 0.353. The zero-order chi connectivity index (χ0) is 18.3. The summed E-state index contributed by atoms with van der Waals surface area (Å²) in [5, 5.41) is 8.33. The van der Waals surface area contributed by atoms with E-state index in [1.807, 2.05) is 11.4 Å². The maximum atomic E-state index is 13.5. The van der Waals surface area contributed by atoms with Gasteiger partial charge in [0.05, 0.1) is 5.75 Å². The smallest absolute Gasteiger partial charge is 0.191 e. The molecule has 0 spiro atoms. The number of benzene rings is 1. The molecule has 2 rings (SSSR count). The molecule has 1 aromatic carbocycles. The van der Waals surface area contributed by atoms with Gasteiger partial charge in [-0.15, -0.1) is 11.3 Å². The van der Waals surface area contributed by atoms with Gasteiger partial charge in [-0.2, -0.15) is 0 Å². The molecule has 0 atom stereocenters. The Bertz CT molecular complexity index is 818. The van der Waals surface area contributed by atoms with E-state index in [0.29, 0.717) is 23.6 Å². The summed E-state index contributed by atoms with van der Waals surface area (Å²) in [6.07, 6.45) is 2.05. The summed E-state index contributed by atoms with van der Waals surface area (Å²) in [4.78, 5) is 5.42. The van der Waals surface area contributed by atoms with Crippen molar-refractivity contribution in [3.05, 3.63) is 57.5 Å². The minimum absolute atomic E-state index is 0.116. The van der Waals surface area contributed by atoms with Gasteiger partial charge in [0.1, 0.15) is 5.82 Å². The van der Waals surface area contributed by atoms with E-state index in [-0.39, 0.29) is 5.75 Å². The van der Waals surface area contributed by atoms with Crippen LogP contribution >= 0.6 is 11.3 Å². The van der Waals surface area contributed by atoms with Crippen molar-refractivity contribution in [2.24, 2.45) is 4.99 Å². The van der Waals surface area contributed by atoms with Crippen molar-refractivity contribution in [2.75, 3.05) is 19.8 Å². The van der Waals surface area contributed by atoms with Crippen molar-refractivity contribution >= 4 is 27.1 Å². The van der Waals surface area contributed by atoms with Crippen LogP contribution in [0, 0.1) is 5.82 Å². The number of halogens is 1. The molecule has 1 heterocycles. The monoisotopic (exact) mass is 383 g/mol. The Morgan fingerprint density at radius 3 is 2.68 bits per heavy atom. The molecule has 0 fully saturated rings. The van der Waals surface area contributed by atoms with E-state index in [1.54, 1.807) is 18.4 Å². The number of guanidine groups is 1. The molecule has 0 unspecified atom stereocenters. The van der Waals surface area contributed by atoms with Crippen molar-refractivity contribution in [1.82, 2.24) is 10.6 Å². The third kappa shape index (κ3) is 6.83. The average molecular weight is 384 g/mol. The molecule has 2 aromatic rings. The second kappa shape index (κ2) is 8.96. The second-order valence-corrected chi connectivity index (χ2v) is 8.84. The molecule has 0 saturated carbocycles. The highest BCUT2D eigenvalue weighted by atomic mass is 32.2. The van der Waals surface area contributed by atoms with Gasteiger partial charge in [-0.05, 0) is 41.1 Å². The van der Waals surface area contributed by atoms with Crippen LogP contribution in [0.1, 0.15) is 16.0 Å². The van der Waals surface area contributed by atoms with Crippen LogP contribution in [0.15, 0.2) is 40.7 Å². The summed E-state index contributed by atoms with van der Waals surface area (Å²) in [5.41, 5.74) is 1.19. The van der Waals surface area contributed by atoms with Gasteiger partial charge in [-0.25, -0.2) is 12.8 Å². The quantitative estimate of drug-likeness (QED) is 0.569. The summed E-state index contributed by atoms with van der Waals surface area (Å²) in [7, 11) is -1.53. The number of nitrogens with one attached hydrogen (secondary N) is 2. The van der Waals surface area contributed by atoms with Crippen LogP contribution in [0.2, 0.25) is 0 Å². The van der Waals surface area contributed by atoms with Crippen LogP contribution in [-0.4, -0.2) is 34.2 Å². The Morgan fingerprint density at radius 1 is 1.24 bits per heavy atom. The van der Waals surface area contributed by atoms with Crippen molar-refractivity contribution < 1.29 is 12.8 Å². The molecule has 8 heteroatoms. The van der Waals surface area contributed by atoms with Gasteiger partial charge in [0.25, 0.3) is 0 Å². The fourth-order valence-electron chi connectivity index (χ4n) is 2.34. The summed E-state index contributed by atoms with van der Waals surface area (Å²) in [6, 6.07) is 8.23. The predicted octanol–water partition coefficient (Wildman–Crippen LogP) is 2.34. The highest BCUT2D eigenvalue weighted by molar-refractivity contribution is 7.89. The zero-order valence-corrected chi connectivity index (χ0v) is 15.9. The number of rotatable bonds is 7. The second-order valence-electron chi connectivity index (χ2n) is 5.67. The maximum absolute atomic E-state index is 13.5. The standard InChI is InChI=1S/C17H22FN3O2S2/c1-19-17(20-8-7-16-4-3-9-24-16)21-11-14-10-15(18)6-5-13(14)12-25(2,22)23/h3-6,9-10H,7-8,11-12H2,1-2H3,(H2,19,20,21). The topological polar surface area (TPSA) is 70.6 Å². The number of sulfone groups is 1. The lowest BCUT2D eigenvalue weighted by Gasteiger charge is -2.14. The van der Waals surface area contributed by atoms with E-state index in [0.717, 1.165) is 13.0 Å². The summed E-state index contributed by atoms with van der Waals surface area (Å²) in [5.74, 6) is 0.0788. The molecule has 136 valence electrons. The Balaban J connectivity index is 1.95. The number of hydrogen-bond acceptors (Lipinski definition) is 4. The Morgan fingerprint density at radius 2 is 2.04 bits per heavy atom. The number of hydrogen-bond donors (Lipinski definition) is 2. The van der Waals surface area contributed by atoms with Gasteiger partial charge in [0.2, 0.25) is 0 Å². The molecular weight excluding hydrogens is 361 g/mol. The minimum Gasteiger partial charge on any atom is -0.356 e. The fourth-order valence-corrected chi connectivity index (χ4v) is 3.90. The molecule has 0 aliphatic rings. The number of nitrogens with zero attached hydrogens (tertiary/aromatic N) is 1. The van der Waals surface area contributed by atoms with Crippen molar-refractivity contribution in [2.45, 2.75) is 18.7 Å². The van der Waals surface area contributed by atoms with Crippen molar-refractivity contribution in [3.63, 3.8) is 0 Å². The van der Waals surface area contributed by atoms with Crippen LogP contribution in [0.5, 0.6) is 0 Å². The predicted molar refractivity (Wildman–Crippen MR) is 101 cm³/mol. The molecular formula is C17H22FN3O2S2. The molecule has 0 bridgehead atoms. The third-order valence-electron chi connectivity index (χ3n) is 3.50. The molecule has 0 aliphatic heterocycles. The molecule has 0 radical (unpaired) electrons. The van der Waals surface area contributed by atoms with Crippen LogP contribution in [-0.2, 0) is 28.6 Å². The lowest BCUT2D eigenvalue weighted by Crippen LogP contribution is -2.38. The van der Waals surface area contributed by atoms with E-state index >= 15 is 0 Å². The van der Waals surface area contributed by atoms with Gasteiger partial charge in [-0.1, -0.05) is 12.1 Å². The van der Waals surface area contributed by atoms with Crippen LogP contribution in [0.4, 0.5) is 4.39 Å². The molecule has 0 amide bonds. The number of aliphatic imine (C=N–C) groups is 1. The first-order chi connectivity index (χ1) is 11.9. The summed E-state index contributed by atoms with van der Waals surface area (Å²) in [6.45, 7) is 1.01. The Hall–Kier alpha value is -1.93. The third-order valence-corrected chi connectivity index (χ3v) is 5.27. The Kier molecular flexibility index (Phi) is 6.95. The van der Waals surface area contributed by atoms with E-state index in [2.05, 4.69) is 21.7 Å². The van der Waals surface area contributed by atoms with Gasteiger partial charge >= 0.3 is 0 Å². The van der Waals surface area contributed by atoms with Crippen LogP contribution in [0.25, 0.3) is 0 Å². The summed E-state index contributed by atoms with van der Waals surface area (Å²) < 4.78 is 36.6. The molecule has 1 aromatic heterocycles. The molecule has 0 aliphatic carbocycles. The maximum Gasteiger partial charge on any atom is 0.191 e. The molecule has 5 nitrogen and oxygen atoms in total. The lowest BCUT2D eigenvalue weighted by molar-refractivity contribution is 0.599. The first kappa shape index (κ1) is 19.4. The van der Waals surface area contributed by atoms with Crippen molar-refractivity contribution in [3.8, 4) is 0 Å². The summed E-state index contributed by atoms with van der Waals surface area (Å²) >= 11 is 1.70. The number of thiophene rings is 1. The van der Waals surface area contributed by atoms with Gasteiger partial charge in [-0.3, -0.25) is 4.99 Å². The van der Waals surface area contributed by atoms with E-state index < -0.39 is 15.7 Å². The molecule has 25 heavy (non-hydrogen) atoms. The zero-order valence-electron chi connectivity index (χ0n) is 14.3. The van der Waals surface area contributed by atoms with Gasteiger partial charge in [0.15, 0.2) is 15.8 Å². The average Bonchev–Trinajstić information content (AvgIpc) is 3.05. The first-order valence-electron chi connectivity index (χ1n) is 7.79. The highest BCUT2D eigenvalue weighted by Crippen LogP contribution is 2.14. The molecule has 0 saturated heterocycles. The van der Waals surface area contributed by atoms with E-state index in [1.165, 1.54) is 29.3 Å². The van der Waals surface area contributed by atoms with E-state index in [9.17, 15) is 12.8 Å². The largest absolute Gasteiger partial charge is 0.356 e. The lowest BCUT2D eigenvalue weighted by atomic mass is 10.1. The van der Waals surface area contributed by atoms with Gasteiger partial charge in [0, 0.05) is 31.3 Å². The van der Waals surface area contributed by atoms with Crippen LogP contribution in [0.3, 0.4) is 0 Å².